The maximum atomic E-state index is 3.63. The van der Waals surface area contributed by atoms with Crippen molar-refractivity contribution in [3.05, 3.63) is 192 Å². The van der Waals surface area contributed by atoms with Crippen LogP contribution in [0.2, 0.25) is 0 Å². The lowest BCUT2D eigenvalue weighted by Crippen LogP contribution is -2.25. The summed E-state index contributed by atoms with van der Waals surface area (Å²) in [5.74, 6) is 0. The quantitative estimate of drug-likeness (QED) is 0.226. The highest BCUT2D eigenvalue weighted by Gasteiger charge is 2.51. The minimum atomic E-state index is -0.328. The van der Waals surface area contributed by atoms with Crippen molar-refractivity contribution in [1.82, 2.24) is 0 Å². The topological polar surface area (TPSA) is 12.0 Å². The van der Waals surface area contributed by atoms with Crippen molar-refractivity contribution in [2.24, 2.45) is 0 Å². The molecule has 7 aromatic rings. The summed E-state index contributed by atoms with van der Waals surface area (Å²) in [6.45, 7) is 0. The van der Waals surface area contributed by atoms with E-state index in [0.29, 0.717) is 0 Å². The average molecular weight is 560 g/mol. The molecule has 0 saturated carbocycles. The molecule has 9 rings (SSSR count). The average Bonchev–Trinajstić information content (AvgIpc) is 3.56. The van der Waals surface area contributed by atoms with E-state index in [0.717, 1.165) is 11.4 Å². The zero-order valence-electron chi connectivity index (χ0n) is 24.2. The van der Waals surface area contributed by atoms with E-state index in [-0.39, 0.29) is 5.41 Å². The number of hydrogen-bond donors (Lipinski definition) is 1. The molecule has 0 saturated heterocycles. The van der Waals surface area contributed by atoms with Crippen molar-refractivity contribution in [1.29, 1.82) is 0 Å². The molecule has 0 unspecified atom stereocenters. The van der Waals surface area contributed by atoms with Crippen LogP contribution >= 0.6 is 0 Å². The lowest BCUT2D eigenvalue weighted by atomic mass is 9.70. The van der Waals surface area contributed by atoms with Gasteiger partial charge in [0, 0.05) is 11.4 Å². The van der Waals surface area contributed by atoms with E-state index >= 15 is 0 Å². The van der Waals surface area contributed by atoms with Crippen LogP contribution in [-0.2, 0) is 5.41 Å². The third-order valence-corrected chi connectivity index (χ3v) is 9.47. The van der Waals surface area contributed by atoms with Crippen LogP contribution < -0.4 is 5.32 Å². The van der Waals surface area contributed by atoms with Crippen molar-refractivity contribution in [3.63, 3.8) is 0 Å². The van der Waals surface area contributed by atoms with Gasteiger partial charge in [0.1, 0.15) is 0 Å². The van der Waals surface area contributed by atoms with Gasteiger partial charge in [-0.2, -0.15) is 0 Å². The van der Waals surface area contributed by atoms with Crippen molar-refractivity contribution in [2.45, 2.75) is 5.41 Å². The lowest BCUT2D eigenvalue weighted by molar-refractivity contribution is 0.794. The first-order valence-electron chi connectivity index (χ1n) is 15.3. The zero-order chi connectivity index (χ0) is 29.1. The number of hydrogen-bond acceptors (Lipinski definition) is 1. The summed E-state index contributed by atoms with van der Waals surface area (Å²) in [7, 11) is 0. The van der Waals surface area contributed by atoms with Gasteiger partial charge in [0.2, 0.25) is 0 Å². The molecule has 206 valence electrons. The summed E-state index contributed by atoms with van der Waals surface area (Å²) in [5, 5.41) is 3.63. The summed E-state index contributed by atoms with van der Waals surface area (Å²) in [6.07, 6.45) is 0. The standard InChI is InChI=1S/C43H29N/c1-2-11-29(12-3-1)30-21-24-33(25-22-30)44-34-14-10-13-31(27-34)32-23-26-38-37-17-6-9-20-41(37)43(42(38)28-32)39-18-7-4-15-35(39)36-16-5-8-19-40(36)43/h1-28,44H. The predicted molar refractivity (Wildman–Crippen MR) is 183 cm³/mol. The fraction of sp³-hybridized carbons (Fsp3) is 0.0233. The van der Waals surface area contributed by atoms with Crippen molar-refractivity contribution in [3.8, 4) is 44.5 Å². The molecule has 1 N–H and O–H groups in total. The Morgan fingerprint density at radius 1 is 0.295 bits per heavy atom. The Balaban J connectivity index is 1.14. The molecule has 0 aromatic heterocycles. The molecule has 0 amide bonds. The summed E-state index contributed by atoms with van der Waals surface area (Å²) in [4.78, 5) is 0. The molecule has 44 heavy (non-hydrogen) atoms. The maximum Gasteiger partial charge on any atom is 0.0725 e. The van der Waals surface area contributed by atoms with Gasteiger partial charge in [-0.25, -0.2) is 0 Å². The van der Waals surface area contributed by atoms with Gasteiger partial charge in [-0.3, -0.25) is 0 Å². The van der Waals surface area contributed by atoms with Gasteiger partial charge >= 0.3 is 0 Å². The molecule has 0 heterocycles. The van der Waals surface area contributed by atoms with Crippen LogP contribution in [0.3, 0.4) is 0 Å². The normalized spacial score (nSPS) is 13.2. The van der Waals surface area contributed by atoms with Crippen molar-refractivity contribution >= 4 is 11.4 Å². The van der Waals surface area contributed by atoms with Crippen LogP contribution in [0.15, 0.2) is 170 Å². The van der Waals surface area contributed by atoms with E-state index in [9.17, 15) is 0 Å². The van der Waals surface area contributed by atoms with E-state index in [1.165, 1.54) is 66.8 Å². The van der Waals surface area contributed by atoms with Crippen LogP contribution in [0.5, 0.6) is 0 Å². The largest absolute Gasteiger partial charge is 0.356 e. The Hall–Kier alpha value is -5.66. The molecule has 0 fully saturated rings. The zero-order valence-corrected chi connectivity index (χ0v) is 24.2. The summed E-state index contributed by atoms with van der Waals surface area (Å²) in [6, 6.07) is 62.0. The monoisotopic (exact) mass is 559 g/mol. The van der Waals surface area contributed by atoms with E-state index in [1.54, 1.807) is 0 Å². The fourth-order valence-electron chi connectivity index (χ4n) is 7.59. The van der Waals surface area contributed by atoms with Crippen LogP contribution in [0.25, 0.3) is 44.5 Å². The maximum absolute atomic E-state index is 3.63. The summed E-state index contributed by atoms with van der Waals surface area (Å²) >= 11 is 0. The van der Waals surface area contributed by atoms with Crippen molar-refractivity contribution in [2.75, 3.05) is 5.32 Å². The third kappa shape index (κ3) is 3.60. The Bertz CT molecular complexity index is 2130. The molecule has 7 aromatic carbocycles. The van der Waals surface area contributed by atoms with E-state index in [2.05, 4.69) is 175 Å². The molecule has 0 atom stereocenters. The molecule has 1 spiro atoms. The Morgan fingerprint density at radius 3 is 1.41 bits per heavy atom. The Kier molecular flexibility index (Phi) is 5.48. The fourth-order valence-corrected chi connectivity index (χ4v) is 7.59. The van der Waals surface area contributed by atoms with E-state index in [1.807, 2.05) is 0 Å². The van der Waals surface area contributed by atoms with Gasteiger partial charge in [0.25, 0.3) is 0 Å². The molecule has 1 nitrogen and oxygen atoms in total. The molecule has 1 heteroatoms. The molecular formula is C43H29N. The molecule has 0 aliphatic heterocycles. The highest BCUT2D eigenvalue weighted by molar-refractivity contribution is 5.96. The summed E-state index contributed by atoms with van der Waals surface area (Å²) < 4.78 is 0. The van der Waals surface area contributed by atoms with Crippen LogP contribution in [0, 0.1) is 0 Å². The van der Waals surface area contributed by atoms with Gasteiger partial charge in [-0.15, -0.1) is 0 Å². The molecule has 0 radical (unpaired) electrons. The highest BCUT2D eigenvalue weighted by atomic mass is 14.9. The smallest absolute Gasteiger partial charge is 0.0725 e. The van der Waals surface area contributed by atoms with Gasteiger partial charge in [0.15, 0.2) is 0 Å². The Labute approximate surface area is 258 Å². The minimum Gasteiger partial charge on any atom is -0.356 e. The SMILES string of the molecule is c1ccc(-c2ccc(Nc3cccc(-c4ccc5c(c4)C4(c6ccccc6-c6ccccc64)c4ccccc4-5)c3)cc2)cc1. The Morgan fingerprint density at radius 2 is 0.773 bits per heavy atom. The van der Waals surface area contributed by atoms with Crippen LogP contribution in [-0.4, -0.2) is 0 Å². The predicted octanol–water partition coefficient (Wildman–Crippen LogP) is 11.1. The summed E-state index contributed by atoms with van der Waals surface area (Å²) in [5.41, 5.74) is 17.5. The lowest BCUT2D eigenvalue weighted by Gasteiger charge is -2.30. The second kappa shape index (κ2) is 9.69. The van der Waals surface area contributed by atoms with Crippen molar-refractivity contribution < 1.29 is 0 Å². The number of benzene rings is 7. The molecule has 0 bridgehead atoms. The number of rotatable bonds is 4. The highest BCUT2D eigenvalue weighted by Crippen LogP contribution is 2.62. The second-order valence-electron chi connectivity index (χ2n) is 11.8. The number of nitrogens with one attached hydrogen (secondary N) is 1. The van der Waals surface area contributed by atoms with Crippen LogP contribution in [0.1, 0.15) is 22.3 Å². The second-order valence-corrected chi connectivity index (χ2v) is 11.8. The number of fused-ring (bicyclic) bond motifs is 10. The first-order chi connectivity index (χ1) is 21.8. The van der Waals surface area contributed by atoms with Gasteiger partial charge in [-0.1, -0.05) is 140 Å². The van der Waals surface area contributed by atoms with E-state index < -0.39 is 0 Å². The minimum absolute atomic E-state index is 0.328. The van der Waals surface area contributed by atoms with Gasteiger partial charge < -0.3 is 5.32 Å². The third-order valence-electron chi connectivity index (χ3n) is 9.47. The van der Waals surface area contributed by atoms with Gasteiger partial charge in [0.05, 0.1) is 5.41 Å². The molecular weight excluding hydrogens is 530 g/mol. The first kappa shape index (κ1) is 24.9. The number of anilines is 2. The van der Waals surface area contributed by atoms with Gasteiger partial charge in [-0.05, 0) is 97.1 Å². The van der Waals surface area contributed by atoms with E-state index in [4.69, 9.17) is 0 Å². The molecule has 2 aliphatic rings. The van der Waals surface area contributed by atoms with Crippen LogP contribution in [0.4, 0.5) is 11.4 Å². The first-order valence-corrected chi connectivity index (χ1v) is 15.3. The molecule has 2 aliphatic carbocycles.